The number of nitrogens with one attached hydrogen (secondary N) is 2. The SMILES string of the molecule is CCC(C)NC(=O)c1cc(Nc2ccc(OC(C)C)cc2)ccn1. The average molecular weight is 327 g/mol. The van der Waals surface area contributed by atoms with Gasteiger partial charge >= 0.3 is 0 Å². The molecule has 0 aliphatic rings. The number of hydrogen-bond acceptors (Lipinski definition) is 4. The Kier molecular flexibility index (Phi) is 6.18. The summed E-state index contributed by atoms with van der Waals surface area (Å²) in [5, 5.41) is 6.19. The molecule has 0 bridgehead atoms. The van der Waals surface area contributed by atoms with Crippen LogP contribution in [0.3, 0.4) is 0 Å². The van der Waals surface area contributed by atoms with Crippen LogP contribution in [-0.4, -0.2) is 23.0 Å². The Labute approximate surface area is 143 Å². The zero-order chi connectivity index (χ0) is 17.5. The van der Waals surface area contributed by atoms with E-state index in [1.165, 1.54) is 0 Å². The summed E-state index contributed by atoms with van der Waals surface area (Å²) in [4.78, 5) is 16.3. The normalized spacial score (nSPS) is 11.9. The number of benzene rings is 1. The van der Waals surface area contributed by atoms with Crippen LogP contribution in [0.1, 0.15) is 44.6 Å². The molecular weight excluding hydrogens is 302 g/mol. The van der Waals surface area contributed by atoms with Gasteiger partial charge in [-0.1, -0.05) is 6.92 Å². The predicted octanol–water partition coefficient (Wildman–Crippen LogP) is 4.14. The Hall–Kier alpha value is -2.56. The lowest BCUT2D eigenvalue weighted by atomic mass is 10.2. The van der Waals surface area contributed by atoms with Gasteiger partial charge in [-0.05, 0) is 63.6 Å². The van der Waals surface area contributed by atoms with Gasteiger partial charge in [-0.2, -0.15) is 0 Å². The van der Waals surface area contributed by atoms with E-state index in [1.54, 1.807) is 12.3 Å². The van der Waals surface area contributed by atoms with Crippen molar-refractivity contribution in [3.63, 3.8) is 0 Å². The largest absolute Gasteiger partial charge is 0.491 e. The Bertz CT molecular complexity index is 669. The van der Waals surface area contributed by atoms with Gasteiger partial charge in [0.1, 0.15) is 11.4 Å². The van der Waals surface area contributed by atoms with E-state index in [-0.39, 0.29) is 18.1 Å². The van der Waals surface area contributed by atoms with Crippen molar-refractivity contribution in [3.05, 3.63) is 48.3 Å². The van der Waals surface area contributed by atoms with Crippen molar-refractivity contribution in [2.24, 2.45) is 0 Å². The minimum Gasteiger partial charge on any atom is -0.491 e. The molecule has 1 unspecified atom stereocenters. The second kappa shape index (κ2) is 8.34. The van der Waals surface area contributed by atoms with Gasteiger partial charge < -0.3 is 15.4 Å². The lowest BCUT2D eigenvalue weighted by Gasteiger charge is -2.13. The summed E-state index contributed by atoms with van der Waals surface area (Å²) < 4.78 is 5.63. The van der Waals surface area contributed by atoms with E-state index in [0.29, 0.717) is 5.69 Å². The first-order chi connectivity index (χ1) is 11.5. The highest BCUT2D eigenvalue weighted by Gasteiger charge is 2.10. The Morgan fingerprint density at radius 3 is 2.46 bits per heavy atom. The van der Waals surface area contributed by atoms with Crippen molar-refractivity contribution >= 4 is 17.3 Å². The first-order valence-corrected chi connectivity index (χ1v) is 8.28. The Morgan fingerprint density at radius 1 is 1.12 bits per heavy atom. The maximum Gasteiger partial charge on any atom is 0.270 e. The van der Waals surface area contributed by atoms with Crippen molar-refractivity contribution in [1.29, 1.82) is 0 Å². The van der Waals surface area contributed by atoms with Gasteiger partial charge in [0, 0.05) is 23.6 Å². The van der Waals surface area contributed by atoms with E-state index in [2.05, 4.69) is 15.6 Å². The second-order valence-electron chi connectivity index (χ2n) is 6.03. The maximum atomic E-state index is 12.1. The molecule has 1 aromatic carbocycles. The second-order valence-corrected chi connectivity index (χ2v) is 6.03. The van der Waals surface area contributed by atoms with Crippen molar-refractivity contribution < 1.29 is 9.53 Å². The van der Waals surface area contributed by atoms with Crippen molar-refractivity contribution in [2.75, 3.05) is 5.32 Å². The van der Waals surface area contributed by atoms with Gasteiger partial charge in [-0.25, -0.2) is 0 Å². The molecule has 1 heterocycles. The van der Waals surface area contributed by atoms with Gasteiger partial charge in [0.25, 0.3) is 5.91 Å². The van der Waals surface area contributed by atoms with Crippen LogP contribution in [0.15, 0.2) is 42.6 Å². The highest BCUT2D eigenvalue weighted by atomic mass is 16.5. The molecule has 5 nitrogen and oxygen atoms in total. The van der Waals surface area contributed by atoms with E-state index in [4.69, 9.17) is 4.74 Å². The fourth-order valence-electron chi connectivity index (χ4n) is 2.09. The zero-order valence-electron chi connectivity index (χ0n) is 14.7. The first kappa shape index (κ1) is 17.8. The summed E-state index contributed by atoms with van der Waals surface area (Å²) in [6.45, 7) is 7.99. The Morgan fingerprint density at radius 2 is 1.83 bits per heavy atom. The molecule has 0 radical (unpaired) electrons. The molecule has 5 heteroatoms. The summed E-state index contributed by atoms with van der Waals surface area (Å²) in [7, 11) is 0. The lowest BCUT2D eigenvalue weighted by molar-refractivity contribution is 0.0934. The molecule has 0 spiro atoms. The smallest absolute Gasteiger partial charge is 0.270 e. The number of anilines is 2. The maximum absolute atomic E-state index is 12.1. The minimum atomic E-state index is -0.159. The number of carbonyl (C=O) groups excluding carboxylic acids is 1. The number of amides is 1. The molecular formula is C19H25N3O2. The number of hydrogen-bond donors (Lipinski definition) is 2. The number of aromatic nitrogens is 1. The van der Waals surface area contributed by atoms with Crippen molar-refractivity contribution in [3.8, 4) is 5.75 Å². The number of rotatable bonds is 7. The lowest BCUT2D eigenvalue weighted by Crippen LogP contribution is -2.32. The molecule has 0 saturated carbocycles. The quantitative estimate of drug-likeness (QED) is 0.802. The van der Waals surface area contributed by atoms with Crippen LogP contribution in [0.4, 0.5) is 11.4 Å². The fraction of sp³-hybridized carbons (Fsp3) is 0.368. The summed E-state index contributed by atoms with van der Waals surface area (Å²) in [5.74, 6) is 0.674. The molecule has 0 aliphatic carbocycles. The monoisotopic (exact) mass is 327 g/mol. The summed E-state index contributed by atoms with van der Waals surface area (Å²) in [5.41, 5.74) is 2.14. The number of pyridine rings is 1. The summed E-state index contributed by atoms with van der Waals surface area (Å²) in [6, 6.07) is 11.4. The highest BCUT2D eigenvalue weighted by Crippen LogP contribution is 2.21. The molecule has 1 aromatic heterocycles. The third-order valence-electron chi connectivity index (χ3n) is 3.50. The van der Waals surface area contributed by atoms with Gasteiger partial charge in [0.15, 0.2) is 0 Å². The van der Waals surface area contributed by atoms with Crippen LogP contribution in [0.5, 0.6) is 5.75 Å². The number of ether oxygens (including phenoxy) is 1. The van der Waals surface area contributed by atoms with Crippen LogP contribution < -0.4 is 15.4 Å². The van der Waals surface area contributed by atoms with Crippen molar-refractivity contribution in [1.82, 2.24) is 10.3 Å². The van der Waals surface area contributed by atoms with E-state index in [0.717, 1.165) is 23.5 Å². The molecule has 0 fully saturated rings. The Balaban J connectivity index is 2.05. The summed E-state index contributed by atoms with van der Waals surface area (Å²) in [6.07, 6.45) is 2.66. The third-order valence-corrected chi connectivity index (χ3v) is 3.50. The van der Waals surface area contributed by atoms with Gasteiger partial charge in [-0.3, -0.25) is 9.78 Å². The van der Waals surface area contributed by atoms with E-state index >= 15 is 0 Å². The van der Waals surface area contributed by atoms with Crippen LogP contribution in [0, 0.1) is 0 Å². The van der Waals surface area contributed by atoms with E-state index in [1.807, 2.05) is 58.0 Å². The number of carbonyl (C=O) groups is 1. The van der Waals surface area contributed by atoms with Crippen molar-refractivity contribution in [2.45, 2.75) is 46.3 Å². The molecule has 0 aliphatic heterocycles. The standard InChI is InChI=1S/C19H25N3O2/c1-5-14(4)21-19(23)18-12-16(10-11-20-18)22-15-6-8-17(9-7-15)24-13(2)3/h6-14H,5H2,1-4H3,(H,20,22)(H,21,23). The fourth-order valence-corrected chi connectivity index (χ4v) is 2.09. The van der Waals surface area contributed by atoms with Crippen LogP contribution >= 0.6 is 0 Å². The van der Waals surface area contributed by atoms with E-state index in [9.17, 15) is 4.79 Å². The average Bonchev–Trinajstić information content (AvgIpc) is 2.56. The highest BCUT2D eigenvalue weighted by molar-refractivity contribution is 5.93. The molecule has 2 rings (SSSR count). The molecule has 1 amide bonds. The number of nitrogens with zero attached hydrogens (tertiary/aromatic N) is 1. The zero-order valence-corrected chi connectivity index (χ0v) is 14.7. The molecule has 128 valence electrons. The first-order valence-electron chi connectivity index (χ1n) is 8.28. The molecule has 24 heavy (non-hydrogen) atoms. The van der Waals surface area contributed by atoms with Crippen LogP contribution in [-0.2, 0) is 0 Å². The van der Waals surface area contributed by atoms with E-state index < -0.39 is 0 Å². The molecule has 2 aromatic rings. The minimum absolute atomic E-state index is 0.129. The van der Waals surface area contributed by atoms with Crippen LogP contribution in [0.2, 0.25) is 0 Å². The topological polar surface area (TPSA) is 63.2 Å². The molecule has 1 atom stereocenters. The predicted molar refractivity (Wildman–Crippen MR) is 96.9 cm³/mol. The van der Waals surface area contributed by atoms with Crippen LogP contribution in [0.25, 0.3) is 0 Å². The molecule has 2 N–H and O–H groups in total. The third kappa shape index (κ3) is 5.26. The van der Waals surface area contributed by atoms with Gasteiger partial charge in [0.05, 0.1) is 6.10 Å². The van der Waals surface area contributed by atoms with Gasteiger partial charge in [0.2, 0.25) is 0 Å². The summed E-state index contributed by atoms with van der Waals surface area (Å²) >= 11 is 0. The molecule has 0 saturated heterocycles. The van der Waals surface area contributed by atoms with Gasteiger partial charge in [-0.15, -0.1) is 0 Å².